The summed E-state index contributed by atoms with van der Waals surface area (Å²) in [6.07, 6.45) is 4.36. The second-order valence-electron chi connectivity index (χ2n) is 5.19. The minimum Gasteiger partial charge on any atom is -0.381 e. The van der Waals surface area contributed by atoms with Gasteiger partial charge in [-0.3, -0.25) is 0 Å². The molecule has 0 unspecified atom stereocenters. The van der Waals surface area contributed by atoms with Gasteiger partial charge in [0.1, 0.15) is 5.82 Å². The van der Waals surface area contributed by atoms with Crippen LogP contribution in [-0.4, -0.2) is 23.2 Å². The minimum absolute atomic E-state index is 0.500. The van der Waals surface area contributed by atoms with Crippen molar-refractivity contribution in [2.45, 2.75) is 51.6 Å². The van der Waals surface area contributed by atoms with Crippen LogP contribution < -0.4 is 5.32 Å². The van der Waals surface area contributed by atoms with E-state index in [9.17, 15) is 0 Å². The fraction of sp³-hybridized carbons (Fsp3) is 0.714. The van der Waals surface area contributed by atoms with E-state index in [1.54, 1.807) is 0 Å². The molecule has 0 bridgehead atoms. The lowest BCUT2D eigenvalue weighted by molar-refractivity contribution is 0.0835. The number of fused-ring (bicyclic) bond motifs is 1. The predicted octanol–water partition coefficient (Wildman–Crippen LogP) is 1.93. The quantitative estimate of drug-likeness (QED) is 0.886. The molecule has 2 aliphatic rings. The van der Waals surface area contributed by atoms with Crippen molar-refractivity contribution in [2.24, 2.45) is 0 Å². The van der Waals surface area contributed by atoms with Gasteiger partial charge in [-0.25, -0.2) is 9.97 Å². The van der Waals surface area contributed by atoms with Gasteiger partial charge in [0.25, 0.3) is 0 Å². The van der Waals surface area contributed by atoms with Crippen LogP contribution in [0, 0.1) is 0 Å². The maximum atomic E-state index is 5.42. The van der Waals surface area contributed by atoms with Crippen LogP contribution >= 0.6 is 0 Å². The molecule has 1 N–H and O–H groups in total. The van der Waals surface area contributed by atoms with Crippen molar-refractivity contribution in [2.75, 3.05) is 13.2 Å². The van der Waals surface area contributed by atoms with Crippen LogP contribution in [0.4, 0.5) is 0 Å². The summed E-state index contributed by atoms with van der Waals surface area (Å²) in [6.45, 7) is 5.77. The molecule has 0 spiro atoms. The van der Waals surface area contributed by atoms with Crippen molar-refractivity contribution in [1.29, 1.82) is 0 Å². The summed E-state index contributed by atoms with van der Waals surface area (Å²) < 4.78 is 5.42. The number of hydrogen-bond donors (Lipinski definition) is 1. The second kappa shape index (κ2) is 5.33. The standard InChI is InChI=1S/C14H21N3O/c1-2-3-12-11-8-15-9-13(11)17-14(16-12)10-4-6-18-7-5-10/h10,15H,2-9H2,1H3. The molecule has 3 rings (SSSR count). The van der Waals surface area contributed by atoms with E-state index >= 15 is 0 Å². The third-order valence-electron chi connectivity index (χ3n) is 3.86. The topological polar surface area (TPSA) is 47.0 Å². The molecule has 0 aliphatic carbocycles. The monoisotopic (exact) mass is 247 g/mol. The number of rotatable bonds is 3. The molecule has 1 aromatic heterocycles. The first-order valence-electron chi connectivity index (χ1n) is 7.05. The van der Waals surface area contributed by atoms with E-state index in [2.05, 4.69) is 12.2 Å². The molecule has 1 aromatic rings. The average molecular weight is 247 g/mol. The number of hydrogen-bond acceptors (Lipinski definition) is 4. The van der Waals surface area contributed by atoms with Gasteiger partial charge in [-0.1, -0.05) is 13.3 Å². The summed E-state index contributed by atoms with van der Waals surface area (Å²) in [7, 11) is 0. The molecule has 98 valence electrons. The number of nitrogens with zero attached hydrogens (tertiary/aromatic N) is 2. The predicted molar refractivity (Wildman–Crippen MR) is 69.4 cm³/mol. The van der Waals surface area contributed by atoms with E-state index in [0.717, 1.165) is 57.8 Å². The molecular weight excluding hydrogens is 226 g/mol. The SMILES string of the molecule is CCCc1nc(C2CCOCC2)nc2c1CNC2. The molecule has 18 heavy (non-hydrogen) atoms. The Kier molecular flexibility index (Phi) is 3.57. The number of nitrogens with one attached hydrogen (secondary N) is 1. The van der Waals surface area contributed by atoms with Crippen molar-refractivity contribution in [3.8, 4) is 0 Å². The van der Waals surface area contributed by atoms with Gasteiger partial charge in [0.15, 0.2) is 0 Å². The molecule has 0 atom stereocenters. The highest BCUT2D eigenvalue weighted by atomic mass is 16.5. The van der Waals surface area contributed by atoms with E-state index in [0.29, 0.717) is 5.92 Å². The van der Waals surface area contributed by atoms with Gasteiger partial charge in [0.05, 0.1) is 5.69 Å². The molecule has 4 heteroatoms. The molecule has 0 aromatic carbocycles. The Labute approximate surface area is 108 Å². The molecule has 0 saturated carbocycles. The summed E-state index contributed by atoms with van der Waals surface area (Å²) in [5.74, 6) is 1.56. The third-order valence-corrected chi connectivity index (χ3v) is 3.86. The molecular formula is C14H21N3O. The Morgan fingerprint density at radius 1 is 1.22 bits per heavy atom. The normalized spacial score (nSPS) is 20.1. The van der Waals surface area contributed by atoms with E-state index in [1.165, 1.54) is 17.0 Å². The highest BCUT2D eigenvalue weighted by molar-refractivity contribution is 5.30. The van der Waals surface area contributed by atoms with Gasteiger partial charge in [0.2, 0.25) is 0 Å². The first-order chi connectivity index (χ1) is 8.88. The average Bonchev–Trinajstić information content (AvgIpc) is 2.88. The van der Waals surface area contributed by atoms with E-state index in [1.807, 2.05) is 0 Å². The lowest BCUT2D eigenvalue weighted by Gasteiger charge is -2.22. The molecule has 0 amide bonds. The molecule has 1 saturated heterocycles. The van der Waals surface area contributed by atoms with Gasteiger partial charge in [-0.05, 0) is 19.3 Å². The van der Waals surface area contributed by atoms with Crippen molar-refractivity contribution in [3.63, 3.8) is 0 Å². The maximum absolute atomic E-state index is 5.42. The lowest BCUT2D eigenvalue weighted by Crippen LogP contribution is -2.18. The molecule has 1 fully saturated rings. The lowest BCUT2D eigenvalue weighted by atomic mass is 9.98. The van der Waals surface area contributed by atoms with Crippen LogP contribution in [0.15, 0.2) is 0 Å². The molecule has 3 heterocycles. The van der Waals surface area contributed by atoms with Gasteiger partial charge < -0.3 is 10.1 Å². The van der Waals surface area contributed by atoms with Crippen LogP contribution in [0.2, 0.25) is 0 Å². The number of aryl methyl sites for hydroxylation is 1. The zero-order valence-electron chi connectivity index (χ0n) is 11.0. The summed E-state index contributed by atoms with van der Waals surface area (Å²) >= 11 is 0. The van der Waals surface area contributed by atoms with Crippen LogP contribution in [0.5, 0.6) is 0 Å². The van der Waals surface area contributed by atoms with Crippen LogP contribution in [0.3, 0.4) is 0 Å². The van der Waals surface area contributed by atoms with E-state index < -0.39 is 0 Å². The zero-order chi connectivity index (χ0) is 12.4. The Morgan fingerprint density at radius 3 is 2.83 bits per heavy atom. The zero-order valence-corrected chi connectivity index (χ0v) is 11.0. The Bertz CT molecular complexity index is 427. The third kappa shape index (κ3) is 2.27. The van der Waals surface area contributed by atoms with E-state index in [-0.39, 0.29) is 0 Å². The van der Waals surface area contributed by atoms with Gasteiger partial charge >= 0.3 is 0 Å². The van der Waals surface area contributed by atoms with Gasteiger partial charge in [-0.15, -0.1) is 0 Å². The van der Waals surface area contributed by atoms with Crippen molar-refractivity contribution in [3.05, 3.63) is 22.8 Å². The summed E-state index contributed by atoms with van der Waals surface area (Å²) in [4.78, 5) is 9.64. The fourth-order valence-electron chi connectivity index (χ4n) is 2.84. The molecule has 0 radical (unpaired) electrons. The van der Waals surface area contributed by atoms with Gasteiger partial charge in [0, 0.05) is 43.5 Å². The van der Waals surface area contributed by atoms with E-state index in [4.69, 9.17) is 14.7 Å². The van der Waals surface area contributed by atoms with Crippen LogP contribution in [-0.2, 0) is 24.2 Å². The molecule has 4 nitrogen and oxygen atoms in total. The summed E-state index contributed by atoms with van der Waals surface area (Å²) in [5.41, 5.74) is 3.86. The largest absolute Gasteiger partial charge is 0.381 e. The number of ether oxygens (including phenoxy) is 1. The Morgan fingerprint density at radius 2 is 2.06 bits per heavy atom. The highest BCUT2D eigenvalue weighted by Crippen LogP contribution is 2.27. The summed E-state index contributed by atoms with van der Waals surface area (Å²) in [6, 6.07) is 0. The summed E-state index contributed by atoms with van der Waals surface area (Å²) in [5, 5.41) is 3.39. The Balaban J connectivity index is 1.92. The van der Waals surface area contributed by atoms with Crippen molar-refractivity contribution >= 4 is 0 Å². The first-order valence-corrected chi connectivity index (χ1v) is 7.05. The smallest absolute Gasteiger partial charge is 0.132 e. The van der Waals surface area contributed by atoms with Gasteiger partial charge in [-0.2, -0.15) is 0 Å². The number of aromatic nitrogens is 2. The van der Waals surface area contributed by atoms with Crippen LogP contribution in [0.25, 0.3) is 0 Å². The van der Waals surface area contributed by atoms with Crippen molar-refractivity contribution in [1.82, 2.24) is 15.3 Å². The van der Waals surface area contributed by atoms with Crippen LogP contribution in [0.1, 0.15) is 54.9 Å². The Hall–Kier alpha value is -1.00. The van der Waals surface area contributed by atoms with Crippen molar-refractivity contribution < 1.29 is 4.74 Å². The fourth-order valence-corrected chi connectivity index (χ4v) is 2.84. The molecule has 2 aliphatic heterocycles. The second-order valence-corrected chi connectivity index (χ2v) is 5.19. The minimum atomic E-state index is 0.500. The first kappa shape index (κ1) is 12.1. The maximum Gasteiger partial charge on any atom is 0.132 e. The highest BCUT2D eigenvalue weighted by Gasteiger charge is 2.23.